The number of hydrogen-bond donors (Lipinski definition) is 0. The fourth-order valence-corrected chi connectivity index (χ4v) is 3.40. The summed E-state index contributed by atoms with van der Waals surface area (Å²) in [5.74, 6) is 0.959. The molecule has 0 N–H and O–H groups in total. The van der Waals surface area contributed by atoms with Gasteiger partial charge in [0.2, 0.25) is 0 Å². The fourth-order valence-electron chi connectivity index (χ4n) is 3.27. The maximum Gasteiger partial charge on any atom is 0.272 e. The first-order chi connectivity index (χ1) is 13.1. The molecule has 1 fully saturated rings. The maximum absolute atomic E-state index is 13.0. The normalized spacial score (nSPS) is 14.4. The molecule has 0 radical (unpaired) electrons. The molecule has 0 atom stereocenters. The number of anilines is 1. The van der Waals surface area contributed by atoms with E-state index < -0.39 is 0 Å². The Morgan fingerprint density at radius 2 is 1.78 bits per heavy atom. The van der Waals surface area contributed by atoms with Crippen LogP contribution in [0.2, 0.25) is 5.02 Å². The zero-order valence-corrected chi connectivity index (χ0v) is 15.8. The SMILES string of the molecule is Cn1nc(-c2ccc(Cl)cc2)cc1C(=O)N1CCN(c2ccccn2)CC1. The topological polar surface area (TPSA) is 54.3 Å². The molecule has 1 saturated heterocycles. The number of halogens is 1. The van der Waals surface area contributed by atoms with Crippen LogP contribution in [0.4, 0.5) is 5.82 Å². The van der Waals surface area contributed by atoms with Crippen LogP contribution in [-0.2, 0) is 7.05 Å². The van der Waals surface area contributed by atoms with Crippen molar-refractivity contribution in [1.29, 1.82) is 0 Å². The summed E-state index contributed by atoms with van der Waals surface area (Å²) < 4.78 is 1.65. The van der Waals surface area contributed by atoms with Gasteiger partial charge in [-0.2, -0.15) is 5.10 Å². The van der Waals surface area contributed by atoms with Crippen LogP contribution < -0.4 is 4.90 Å². The standard InChI is InChI=1S/C20H20ClN5O/c1-24-18(14-17(23-24)15-5-7-16(21)8-6-15)20(27)26-12-10-25(11-13-26)19-4-2-3-9-22-19/h2-9,14H,10-13H2,1H3. The van der Waals surface area contributed by atoms with Gasteiger partial charge in [0.1, 0.15) is 11.5 Å². The number of rotatable bonds is 3. The van der Waals surface area contributed by atoms with E-state index >= 15 is 0 Å². The number of aryl methyl sites for hydroxylation is 1. The smallest absolute Gasteiger partial charge is 0.272 e. The summed E-state index contributed by atoms with van der Waals surface area (Å²) in [4.78, 5) is 21.4. The first-order valence-electron chi connectivity index (χ1n) is 8.87. The molecule has 1 aliphatic rings. The Morgan fingerprint density at radius 1 is 1.04 bits per heavy atom. The highest BCUT2D eigenvalue weighted by molar-refractivity contribution is 6.30. The van der Waals surface area contributed by atoms with Crippen molar-refractivity contribution in [2.75, 3.05) is 31.1 Å². The van der Waals surface area contributed by atoms with Crippen LogP contribution in [0, 0.1) is 0 Å². The van der Waals surface area contributed by atoms with Gasteiger partial charge in [0.15, 0.2) is 0 Å². The second-order valence-corrected chi connectivity index (χ2v) is 6.95. The number of aromatic nitrogens is 3. The molecule has 2 aromatic heterocycles. The molecule has 1 aliphatic heterocycles. The highest BCUT2D eigenvalue weighted by Gasteiger charge is 2.25. The van der Waals surface area contributed by atoms with Crippen LogP contribution in [0.3, 0.4) is 0 Å². The van der Waals surface area contributed by atoms with Gasteiger partial charge >= 0.3 is 0 Å². The molecule has 6 nitrogen and oxygen atoms in total. The lowest BCUT2D eigenvalue weighted by Gasteiger charge is -2.35. The average molecular weight is 382 g/mol. The number of carbonyl (C=O) groups excluding carboxylic acids is 1. The van der Waals surface area contributed by atoms with Crippen molar-refractivity contribution < 1.29 is 4.79 Å². The van der Waals surface area contributed by atoms with Gasteiger partial charge in [0.05, 0.1) is 5.69 Å². The van der Waals surface area contributed by atoms with E-state index in [-0.39, 0.29) is 5.91 Å². The van der Waals surface area contributed by atoms with Gasteiger partial charge < -0.3 is 9.80 Å². The number of carbonyl (C=O) groups is 1. The number of nitrogens with zero attached hydrogens (tertiary/aromatic N) is 5. The van der Waals surface area contributed by atoms with Gasteiger partial charge in [0, 0.05) is 50.0 Å². The van der Waals surface area contributed by atoms with Crippen molar-refractivity contribution in [3.8, 4) is 11.3 Å². The molecule has 0 bridgehead atoms. The average Bonchev–Trinajstić information content (AvgIpc) is 3.10. The second kappa shape index (κ2) is 7.40. The van der Waals surface area contributed by atoms with E-state index in [1.165, 1.54) is 0 Å². The largest absolute Gasteiger partial charge is 0.353 e. The van der Waals surface area contributed by atoms with E-state index in [4.69, 9.17) is 11.6 Å². The molecule has 3 heterocycles. The van der Waals surface area contributed by atoms with Crippen molar-refractivity contribution in [3.63, 3.8) is 0 Å². The number of benzene rings is 1. The lowest BCUT2D eigenvalue weighted by molar-refractivity contribution is 0.0735. The Kier molecular flexibility index (Phi) is 4.81. The molecular weight excluding hydrogens is 362 g/mol. The van der Waals surface area contributed by atoms with Crippen LogP contribution in [0.1, 0.15) is 10.5 Å². The summed E-state index contributed by atoms with van der Waals surface area (Å²) in [5, 5.41) is 5.17. The predicted molar refractivity (Wildman–Crippen MR) is 106 cm³/mol. The van der Waals surface area contributed by atoms with Gasteiger partial charge in [-0.1, -0.05) is 29.8 Å². The number of amides is 1. The molecule has 1 amide bonds. The van der Waals surface area contributed by atoms with Gasteiger partial charge in [0.25, 0.3) is 5.91 Å². The van der Waals surface area contributed by atoms with Gasteiger partial charge in [-0.15, -0.1) is 0 Å². The van der Waals surface area contributed by atoms with Crippen molar-refractivity contribution in [2.45, 2.75) is 0 Å². The molecule has 0 unspecified atom stereocenters. The fraction of sp³-hybridized carbons (Fsp3) is 0.250. The highest BCUT2D eigenvalue weighted by atomic mass is 35.5. The van der Waals surface area contributed by atoms with Crippen LogP contribution >= 0.6 is 11.6 Å². The molecule has 7 heteroatoms. The van der Waals surface area contributed by atoms with E-state index in [1.807, 2.05) is 53.4 Å². The van der Waals surface area contributed by atoms with Gasteiger partial charge in [-0.05, 0) is 30.3 Å². The number of pyridine rings is 1. The quantitative estimate of drug-likeness (QED) is 0.699. The monoisotopic (exact) mass is 381 g/mol. The Balaban J connectivity index is 1.47. The molecular formula is C20H20ClN5O. The van der Waals surface area contributed by atoms with Gasteiger partial charge in [-0.3, -0.25) is 9.48 Å². The first kappa shape index (κ1) is 17.5. The molecule has 0 saturated carbocycles. The molecule has 4 rings (SSSR count). The predicted octanol–water partition coefficient (Wildman–Crippen LogP) is 3.10. The third kappa shape index (κ3) is 3.66. The summed E-state index contributed by atoms with van der Waals surface area (Å²) in [5.41, 5.74) is 2.30. The minimum atomic E-state index is 0.00545. The third-order valence-corrected chi connectivity index (χ3v) is 5.03. The summed E-state index contributed by atoms with van der Waals surface area (Å²) in [6, 6.07) is 15.2. The van der Waals surface area contributed by atoms with Crippen molar-refractivity contribution >= 4 is 23.3 Å². The zero-order valence-electron chi connectivity index (χ0n) is 15.0. The molecule has 0 spiro atoms. The van der Waals surface area contributed by atoms with E-state index in [2.05, 4.69) is 15.0 Å². The summed E-state index contributed by atoms with van der Waals surface area (Å²) in [7, 11) is 1.80. The molecule has 1 aromatic carbocycles. The second-order valence-electron chi connectivity index (χ2n) is 6.51. The Labute approximate surface area is 163 Å². The van der Waals surface area contributed by atoms with Crippen molar-refractivity contribution in [1.82, 2.24) is 19.7 Å². The van der Waals surface area contributed by atoms with E-state index in [9.17, 15) is 4.79 Å². The van der Waals surface area contributed by atoms with Crippen LogP contribution in [0.5, 0.6) is 0 Å². The molecule has 138 valence electrons. The van der Waals surface area contributed by atoms with E-state index in [1.54, 1.807) is 17.9 Å². The summed E-state index contributed by atoms with van der Waals surface area (Å²) >= 11 is 5.95. The lowest BCUT2D eigenvalue weighted by atomic mass is 10.1. The Hall–Kier alpha value is -2.86. The van der Waals surface area contributed by atoms with Crippen molar-refractivity contribution in [3.05, 3.63) is 65.4 Å². The minimum absolute atomic E-state index is 0.00545. The Bertz CT molecular complexity index is 931. The first-order valence-corrected chi connectivity index (χ1v) is 9.25. The molecule has 3 aromatic rings. The molecule has 0 aliphatic carbocycles. The maximum atomic E-state index is 13.0. The minimum Gasteiger partial charge on any atom is -0.353 e. The third-order valence-electron chi connectivity index (χ3n) is 4.78. The van der Waals surface area contributed by atoms with Crippen LogP contribution in [-0.4, -0.2) is 51.8 Å². The van der Waals surface area contributed by atoms with Gasteiger partial charge in [-0.25, -0.2) is 4.98 Å². The lowest BCUT2D eigenvalue weighted by Crippen LogP contribution is -2.49. The number of piperazine rings is 1. The number of hydrogen-bond acceptors (Lipinski definition) is 4. The summed E-state index contributed by atoms with van der Waals surface area (Å²) in [6.07, 6.45) is 1.79. The Morgan fingerprint density at radius 3 is 2.44 bits per heavy atom. The summed E-state index contributed by atoms with van der Waals surface area (Å²) in [6.45, 7) is 2.86. The van der Waals surface area contributed by atoms with Crippen molar-refractivity contribution in [2.24, 2.45) is 7.05 Å². The van der Waals surface area contributed by atoms with E-state index in [0.717, 1.165) is 30.2 Å². The zero-order chi connectivity index (χ0) is 18.8. The highest BCUT2D eigenvalue weighted by Crippen LogP contribution is 2.22. The van der Waals surface area contributed by atoms with E-state index in [0.29, 0.717) is 23.8 Å². The van der Waals surface area contributed by atoms with Crippen LogP contribution in [0.15, 0.2) is 54.7 Å². The molecule has 27 heavy (non-hydrogen) atoms. The van der Waals surface area contributed by atoms with Crippen LogP contribution in [0.25, 0.3) is 11.3 Å².